The SMILES string of the molecule is Cc1ccc(C)c(OCCNC(=O)CN(c2cc(C(F)(F)F)ccc2Cl)S(C)(=O)=O)c1. The van der Waals surface area contributed by atoms with Crippen LogP contribution in [0.25, 0.3) is 0 Å². The molecule has 0 spiro atoms. The number of sulfonamides is 1. The van der Waals surface area contributed by atoms with Crippen LogP contribution in [-0.2, 0) is 21.0 Å². The van der Waals surface area contributed by atoms with Gasteiger partial charge in [-0.1, -0.05) is 23.7 Å². The minimum absolute atomic E-state index is 0.0696. The Labute approximate surface area is 184 Å². The smallest absolute Gasteiger partial charge is 0.416 e. The van der Waals surface area contributed by atoms with Crippen LogP contribution in [0.3, 0.4) is 0 Å². The molecule has 0 atom stereocenters. The maximum absolute atomic E-state index is 13.0. The molecule has 170 valence electrons. The molecule has 11 heteroatoms. The summed E-state index contributed by atoms with van der Waals surface area (Å²) in [7, 11) is -4.09. The van der Waals surface area contributed by atoms with E-state index in [-0.39, 0.29) is 18.2 Å². The third-order valence-corrected chi connectivity index (χ3v) is 5.70. The van der Waals surface area contributed by atoms with Crippen LogP contribution in [0.4, 0.5) is 18.9 Å². The molecule has 0 aliphatic heterocycles. The number of nitrogens with one attached hydrogen (secondary N) is 1. The van der Waals surface area contributed by atoms with Gasteiger partial charge in [-0.3, -0.25) is 9.10 Å². The summed E-state index contributed by atoms with van der Waals surface area (Å²) in [6.45, 7) is 3.24. The van der Waals surface area contributed by atoms with Gasteiger partial charge in [0.05, 0.1) is 29.1 Å². The predicted molar refractivity (Wildman–Crippen MR) is 113 cm³/mol. The van der Waals surface area contributed by atoms with Crippen molar-refractivity contribution >= 4 is 33.2 Å². The molecule has 2 aromatic rings. The van der Waals surface area contributed by atoms with E-state index in [2.05, 4.69) is 5.32 Å². The molecular formula is C20H22ClF3N2O4S. The van der Waals surface area contributed by atoms with Crippen molar-refractivity contribution in [2.75, 3.05) is 30.3 Å². The van der Waals surface area contributed by atoms with E-state index in [0.29, 0.717) is 16.1 Å². The highest BCUT2D eigenvalue weighted by atomic mass is 35.5. The van der Waals surface area contributed by atoms with Crippen molar-refractivity contribution in [2.24, 2.45) is 0 Å². The molecule has 0 saturated heterocycles. The Bertz CT molecular complexity index is 1060. The van der Waals surface area contributed by atoms with Crippen molar-refractivity contribution in [2.45, 2.75) is 20.0 Å². The zero-order valence-corrected chi connectivity index (χ0v) is 18.7. The minimum Gasteiger partial charge on any atom is -0.491 e. The molecule has 0 fully saturated rings. The molecule has 0 aromatic heterocycles. The van der Waals surface area contributed by atoms with Crippen LogP contribution in [0.15, 0.2) is 36.4 Å². The van der Waals surface area contributed by atoms with Crippen LogP contribution in [0.2, 0.25) is 5.02 Å². The molecule has 0 aliphatic rings. The quantitative estimate of drug-likeness (QED) is 0.583. The molecule has 0 bridgehead atoms. The fraction of sp³-hybridized carbons (Fsp3) is 0.350. The van der Waals surface area contributed by atoms with Gasteiger partial charge in [0.15, 0.2) is 0 Å². The Morgan fingerprint density at radius 3 is 2.45 bits per heavy atom. The Kier molecular flexibility index (Phi) is 7.82. The van der Waals surface area contributed by atoms with E-state index in [4.69, 9.17) is 16.3 Å². The summed E-state index contributed by atoms with van der Waals surface area (Å²) in [6.07, 6.45) is -3.92. The molecule has 2 rings (SSSR count). The molecule has 1 N–H and O–H groups in total. The monoisotopic (exact) mass is 478 g/mol. The molecule has 2 aromatic carbocycles. The first-order valence-corrected chi connectivity index (χ1v) is 11.3. The number of halogens is 4. The number of hydrogen-bond acceptors (Lipinski definition) is 4. The summed E-state index contributed by atoms with van der Waals surface area (Å²) in [5.41, 5.74) is 0.412. The summed E-state index contributed by atoms with van der Waals surface area (Å²) in [5.74, 6) is -0.0637. The number of ether oxygens (including phenoxy) is 1. The molecule has 0 saturated carbocycles. The number of rotatable bonds is 8. The average molecular weight is 479 g/mol. The van der Waals surface area contributed by atoms with Crippen molar-refractivity contribution in [3.8, 4) is 5.75 Å². The highest BCUT2D eigenvalue weighted by Crippen LogP contribution is 2.36. The van der Waals surface area contributed by atoms with Crippen LogP contribution in [0.5, 0.6) is 5.75 Å². The highest BCUT2D eigenvalue weighted by molar-refractivity contribution is 7.92. The topological polar surface area (TPSA) is 75.7 Å². The Morgan fingerprint density at radius 1 is 1.16 bits per heavy atom. The van der Waals surface area contributed by atoms with Crippen LogP contribution in [0.1, 0.15) is 16.7 Å². The normalized spacial score (nSPS) is 11.8. The number of carbonyl (C=O) groups excluding carboxylic acids is 1. The lowest BCUT2D eigenvalue weighted by molar-refractivity contribution is -0.137. The maximum Gasteiger partial charge on any atom is 0.416 e. The van der Waals surface area contributed by atoms with Crippen LogP contribution < -0.4 is 14.4 Å². The zero-order chi connectivity index (χ0) is 23.4. The van der Waals surface area contributed by atoms with E-state index >= 15 is 0 Å². The standard InChI is InChI=1S/C20H22ClF3N2O4S/c1-13-4-5-14(2)18(10-13)30-9-8-25-19(27)12-26(31(3,28)29)17-11-15(20(22,23)24)6-7-16(17)21/h4-7,10-11H,8-9,12H2,1-3H3,(H,25,27). The number of alkyl halides is 3. The van der Waals surface area contributed by atoms with Gasteiger partial charge in [0.2, 0.25) is 15.9 Å². The van der Waals surface area contributed by atoms with Gasteiger partial charge in [-0.25, -0.2) is 8.42 Å². The molecule has 0 unspecified atom stereocenters. The molecule has 1 amide bonds. The number of aryl methyl sites for hydroxylation is 2. The number of amides is 1. The van der Waals surface area contributed by atoms with Crippen molar-refractivity contribution in [1.82, 2.24) is 5.32 Å². The van der Waals surface area contributed by atoms with Gasteiger partial charge in [-0.15, -0.1) is 0 Å². The van der Waals surface area contributed by atoms with Crippen LogP contribution in [-0.4, -0.2) is 40.3 Å². The number of nitrogens with zero attached hydrogens (tertiary/aromatic N) is 1. The molecule has 31 heavy (non-hydrogen) atoms. The molecule has 6 nitrogen and oxygen atoms in total. The van der Waals surface area contributed by atoms with Gasteiger partial charge in [0, 0.05) is 0 Å². The van der Waals surface area contributed by atoms with Crippen molar-refractivity contribution < 1.29 is 31.1 Å². The maximum atomic E-state index is 13.0. The first kappa shape index (κ1) is 24.8. The van der Waals surface area contributed by atoms with E-state index in [0.717, 1.165) is 29.5 Å². The van der Waals surface area contributed by atoms with Crippen LogP contribution >= 0.6 is 11.6 Å². The second kappa shape index (κ2) is 9.78. The first-order valence-electron chi connectivity index (χ1n) is 9.10. The number of hydrogen-bond donors (Lipinski definition) is 1. The Balaban J connectivity index is 2.07. The predicted octanol–water partition coefficient (Wildman–Crippen LogP) is 3.94. The van der Waals surface area contributed by atoms with Gasteiger partial charge in [0.1, 0.15) is 18.9 Å². The van der Waals surface area contributed by atoms with Gasteiger partial charge in [-0.05, 0) is 49.2 Å². The number of carbonyl (C=O) groups is 1. The summed E-state index contributed by atoms with van der Waals surface area (Å²) in [4.78, 5) is 12.3. The Hall–Kier alpha value is -2.46. The average Bonchev–Trinajstić information content (AvgIpc) is 2.64. The molecule has 0 heterocycles. The van der Waals surface area contributed by atoms with Gasteiger partial charge < -0.3 is 10.1 Å². The summed E-state index contributed by atoms with van der Waals surface area (Å²) < 4.78 is 69.5. The summed E-state index contributed by atoms with van der Waals surface area (Å²) in [6, 6.07) is 7.94. The summed E-state index contributed by atoms with van der Waals surface area (Å²) in [5, 5.41) is 2.26. The third kappa shape index (κ3) is 7.03. The first-order chi connectivity index (χ1) is 14.3. The van der Waals surface area contributed by atoms with E-state index in [1.54, 1.807) is 0 Å². The fourth-order valence-corrected chi connectivity index (χ4v) is 3.79. The van der Waals surface area contributed by atoms with Crippen LogP contribution in [0, 0.1) is 13.8 Å². The molecule has 0 aliphatic carbocycles. The van der Waals surface area contributed by atoms with Crippen molar-refractivity contribution in [1.29, 1.82) is 0 Å². The van der Waals surface area contributed by atoms with Crippen molar-refractivity contribution in [3.05, 3.63) is 58.1 Å². The van der Waals surface area contributed by atoms with Crippen molar-refractivity contribution in [3.63, 3.8) is 0 Å². The third-order valence-electron chi connectivity index (χ3n) is 4.26. The van der Waals surface area contributed by atoms with Gasteiger partial charge in [0.25, 0.3) is 0 Å². The Morgan fingerprint density at radius 2 is 1.84 bits per heavy atom. The van der Waals surface area contributed by atoms with E-state index < -0.39 is 39.9 Å². The summed E-state index contributed by atoms with van der Waals surface area (Å²) >= 11 is 5.93. The van der Waals surface area contributed by atoms with E-state index in [1.807, 2.05) is 32.0 Å². The minimum atomic E-state index is -4.70. The lowest BCUT2D eigenvalue weighted by Crippen LogP contribution is -2.41. The number of benzene rings is 2. The molecule has 0 radical (unpaired) electrons. The van der Waals surface area contributed by atoms with Gasteiger partial charge in [-0.2, -0.15) is 13.2 Å². The lowest BCUT2D eigenvalue weighted by Gasteiger charge is -2.24. The largest absolute Gasteiger partial charge is 0.491 e. The molecular weight excluding hydrogens is 457 g/mol. The highest BCUT2D eigenvalue weighted by Gasteiger charge is 2.33. The fourth-order valence-electron chi connectivity index (χ4n) is 2.66. The second-order valence-corrected chi connectivity index (χ2v) is 9.21. The zero-order valence-electron chi connectivity index (χ0n) is 17.1. The number of anilines is 1. The van der Waals surface area contributed by atoms with E-state index in [1.165, 1.54) is 0 Å². The second-order valence-electron chi connectivity index (χ2n) is 6.90. The lowest BCUT2D eigenvalue weighted by atomic mass is 10.1. The van der Waals surface area contributed by atoms with E-state index in [9.17, 15) is 26.4 Å². The van der Waals surface area contributed by atoms with Gasteiger partial charge >= 0.3 is 6.18 Å².